The maximum absolute atomic E-state index is 5.87. The maximum atomic E-state index is 5.87. The van der Waals surface area contributed by atoms with Crippen LogP contribution in [-0.2, 0) is 6.61 Å². The average molecular weight is 345 g/mol. The van der Waals surface area contributed by atoms with Gasteiger partial charge in [-0.1, -0.05) is 54.6 Å². The SMILES string of the molecule is COc1ccc(C(C)/N=C/c2cccc(OCc3ccccc3)c2)cc1. The van der Waals surface area contributed by atoms with Crippen molar-refractivity contribution in [3.05, 3.63) is 95.6 Å². The number of hydrogen-bond acceptors (Lipinski definition) is 3. The number of benzene rings is 3. The van der Waals surface area contributed by atoms with Gasteiger partial charge < -0.3 is 9.47 Å². The second-order valence-electron chi connectivity index (χ2n) is 6.07. The van der Waals surface area contributed by atoms with Crippen LogP contribution in [0.5, 0.6) is 11.5 Å². The van der Waals surface area contributed by atoms with Gasteiger partial charge in [-0.05, 0) is 47.9 Å². The van der Waals surface area contributed by atoms with Crippen LogP contribution in [0.25, 0.3) is 0 Å². The molecule has 0 bridgehead atoms. The van der Waals surface area contributed by atoms with Crippen molar-refractivity contribution in [1.82, 2.24) is 0 Å². The third kappa shape index (κ3) is 4.96. The summed E-state index contributed by atoms with van der Waals surface area (Å²) in [6.07, 6.45) is 1.89. The van der Waals surface area contributed by atoms with Crippen LogP contribution in [0.4, 0.5) is 0 Å². The van der Waals surface area contributed by atoms with Crippen molar-refractivity contribution in [2.75, 3.05) is 7.11 Å². The summed E-state index contributed by atoms with van der Waals surface area (Å²) >= 11 is 0. The number of hydrogen-bond donors (Lipinski definition) is 0. The Labute approximate surface area is 154 Å². The van der Waals surface area contributed by atoms with Gasteiger partial charge in [-0.2, -0.15) is 0 Å². The first-order chi connectivity index (χ1) is 12.7. The van der Waals surface area contributed by atoms with E-state index in [9.17, 15) is 0 Å². The highest BCUT2D eigenvalue weighted by Gasteiger charge is 2.03. The minimum Gasteiger partial charge on any atom is -0.497 e. The van der Waals surface area contributed by atoms with Crippen molar-refractivity contribution in [1.29, 1.82) is 0 Å². The molecule has 0 saturated carbocycles. The van der Waals surface area contributed by atoms with E-state index >= 15 is 0 Å². The highest BCUT2D eigenvalue weighted by atomic mass is 16.5. The van der Waals surface area contributed by atoms with E-state index in [1.807, 2.05) is 72.9 Å². The van der Waals surface area contributed by atoms with Gasteiger partial charge in [0, 0.05) is 6.21 Å². The van der Waals surface area contributed by atoms with Gasteiger partial charge in [-0.3, -0.25) is 4.99 Å². The van der Waals surface area contributed by atoms with Crippen molar-refractivity contribution in [3.8, 4) is 11.5 Å². The van der Waals surface area contributed by atoms with Crippen LogP contribution in [0.1, 0.15) is 29.7 Å². The lowest BCUT2D eigenvalue weighted by Gasteiger charge is -2.09. The van der Waals surface area contributed by atoms with Gasteiger partial charge in [0.25, 0.3) is 0 Å². The fourth-order valence-corrected chi connectivity index (χ4v) is 2.59. The van der Waals surface area contributed by atoms with Gasteiger partial charge in [0.15, 0.2) is 0 Å². The summed E-state index contributed by atoms with van der Waals surface area (Å²) < 4.78 is 11.1. The quantitative estimate of drug-likeness (QED) is 0.533. The van der Waals surface area contributed by atoms with Gasteiger partial charge in [0.2, 0.25) is 0 Å². The zero-order valence-corrected chi connectivity index (χ0v) is 15.1. The van der Waals surface area contributed by atoms with Crippen LogP contribution in [-0.4, -0.2) is 13.3 Å². The maximum Gasteiger partial charge on any atom is 0.120 e. The average Bonchev–Trinajstić information content (AvgIpc) is 2.71. The molecule has 0 N–H and O–H groups in total. The number of methoxy groups -OCH3 is 1. The molecule has 0 aromatic heterocycles. The summed E-state index contributed by atoms with van der Waals surface area (Å²) in [5.74, 6) is 1.70. The van der Waals surface area contributed by atoms with Crippen LogP contribution < -0.4 is 9.47 Å². The van der Waals surface area contributed by atoms with Crippen molar-refractivity contribution >= 4 is 6.21 Å². The minimum absolute atomic E-state index is 0.0785. The lowest BCUT2D eigenvalue weighted by Crippen LogP contribution is -1.96. The Morgan fingerprint density at radius 1 is 0.885 bits per heavy atom. The Kier molecular flexibility index (Phi) is 6.05. The van der Waals surface area contributed by atoms with E-state index in [0.29, 0.717) is 6.61 Å². The summed E-state index contributed by atoms with van der Waals surface area (Å²) in [4.78, 5) is 4.66. The monoisotopic (exact) mass is 345 g/mol. The van der Waals surface area contributed by atoms with Crippen LogP contribution in [0, 0.1) is 0 Å². The fourth-order valence-electron chi connectivity index (χ4n) is 2.59. The topological polar surface area (TPSA) is 30.8 Å². The largest absolute Gasteiger partial charge is 0.497 e. The molecule has 3 nitrogen and oxygen atoms in total. The van der Waals surface area contributed by atoms with E-state index < -0.39 is 0 Å². The Morgan fingerprint density at radius 3 is 2.38 bits per heavy atom. The molecule has 0 spiro atoms. The van der Waals surface area contributed by atoms with Crippen LogP contribution in [0.3, 0.4) is 0 Å². The molecule has 132 valence electrons. The zero-order chi connectivity index (χ0) is 18.2. The van der Waals surface area contributed by atoms with Gasteiger partial charge in [-0.15, -0.1) is 0 Å². The molecule has 1 atom stereocenters. The van der Waals surface area contributed by atoms with Crippen LogP contribution in [0.15, 0.2) is 83.9 Å². The van der Waals surface area contributed by atoms with Crippen LogP contribution >= 0.6 is 0 Å². The van der Waals surface area contributed by atoms with Gasteiger partial charge >= 0.3 is 0 Å². The molecule has 1 unspecified atom stereocenters. The van der Waals surface area contributed by atoms with E-state index in [1.54, 1.807) is 7.11 Å². The van der Waals surface area contributed by atoms with E-state index in [1.165, 1.54) is 0 Å². The first-order valence-corrected chi connectivity index (χ1v) is 8.68. The lowest BCUT2D eigenvalue weighted by molar-refractivity contribution is 0.306. The Bertz CT molecular complexity index is 842. The van der Waals surface area contributed by atoms with E-state index in [2.05, 4.69) is 24.0 Å². The summed E-state index contributed by atoms with van der Waals surface area (Å²) in [5, 5.41) is 0. The summed E-state index contributed by atoms with van der Waals surface area (Å²) in [7, 11) is 1.67. The molecule has 0 saturated heterocycles. The lowest BCUT2D eigenvalue weighted by atomic mass is 10.1. The first kappa shape index (κ1) is 17.7. The summed E-state index contributed by atoms with van der Waals surface area (Å²) in [6.45, 7) is 2.64. The molecule has 0 aliphatic carbocycles. The second-order valence-corrected chi connectivity index (χ2v) is 6.07. The number of rotatable bonds is 7. The molecule has 0 amide bonds. The Balaban J connectivity index is 1.62. The van der Waals surface area contributed by atoms with Crippen molar-refractivity contribution < 1.29 is 9.47 Å². The predicted octanol–water partition coefficient (Wildman–Crippen LogP) is 5.45. The zero-order valence-electron chi connectivity index (χ0n) is 15.1. The van der Waals surface area contributed by atoms with E-state index in [4.69, 9.17) is 9.47 Å². The minimum atomic E-state index is 0.0785. The van der Waals surface area contributed by atoms with Gasteiger partial charge in [-0.25, -0.2) is 0 Å². The smallest absolute Gasteiger partial charge is 0.120 e. The predicted molar refractivity (Wildman–Crippen MR) is 106 cm³/mol. The van der Waals surface area contributed by atoms with Crippen molar-refractivity contribution in [3.63, 3.8) is 0 Å². The molecule has 3 aromatic carbocycles. The molecule has 0 aliphatic rings. The van der Waals surface area contributed by atoms with Crippen molar-refractivity contribution in [2.45, 2.75) is 19.6 Å². The molecule has 3 rings (SSSR count). The highest BCUT2D eigenvalue weighted by Crippen LogP contribution is 2.20. The Morgan fingerprint density at radius 2 is 1.65 bits per heavy atom. The molecule has 0 heterocycles. The fraction of sp³-hybridized carbons (Fsp3) is 0.174. The molecular weight excluding hydrogens is 322 g/mol. The molecule has 0 radical (unpaired) electrons. The third-order valence-corrected chi connectivity index (χ3v) is 4.15. The van der Waals surface area contributed by atoms with Gasteiger partial charge in [0.1, 0.15) is 18.1 Å². The van der Waals surface area contributed by atoms with E-state index in [-0.39, 0.29) is 6.04 Å². The third-order valence-electron chi connectivity index (χ3n) is 4.15. The standard InChI is InChI=1S/C23H23NO2/c1-18(21-11-13-22(25-2)14-12-21)24-16-20-9-6-10-23(15-20)26-17-19-7-4-3-5-8-19/h3-16,18H,17H2,1-2H3/b24-16+. The number of nitrogens with zero attached hydrogens (tertiary/aromatic N) is 1. The van der Waals surface area contributed by atoms with E-state index in [0.717, 1.165) is 28.2 Å². The molecule has 3 heteroatoms. The second kappa shape index (κ2) is 8.86. The highest BCUT2D eigenvalue weighted by molar-refractivity contribution is 5.80. The summed E-state index contributed by atoms with van der Waals surface area (Å²) in [6, 6.07) is 26.2. The normalized spacial score (nSPS) is 12.1. The molecule has 26 heavy (non-hydrogen) atoms. The van der Waals surface area contributed by atoms with Gasteiger partial charge in [0.05, 0.1) is 13.2 Å². The molecular formula is C23H23NO2. The molecule has 0 fully saturated rings. The first-order valence-electron chi connectivity index (χ1n) is 8.68. The van der Waals surface area contributed by atoms with Crippen LogP contribution in [0.2, 0.25) is 0 Å². The van der Waals surface area contributed by atoms with Crippen molar-refractivity contribution in [2.24, 2.45) is 4.99 Å². The number of aliphatic imine (C=N–C) groups is 1. The molecule has 3 aromatic rings. The summed E-state index contributed by atoms with van der Waals surface area (Å²) in [5.41, 5.74) is 3.33. The number of ether oxygens (including phenoxy) is 2. The Hall–Kier alpha value is -3.07. The molecule has 0 aliphatic heterocycles.